The first-order valence-corrected chi connectivity index (χ1v) is 7.05. The fraction of sp³-hybridized carbons (Fsp3) is 0.250. The molecule has 0 aliphatic carbocycles. The molecule has 0 spiro atoms. The van der Waals surface area contributed by atoms with E-state index < -0.39 is 0 Å². The number of aryl methyl sites for hydroxylation is 1. The summed E-state index contributed by atoms with van der Waals surface area (Å²) in [5.74, 6) is 0.692. The van der Waals surface area contributed by atoms with Gasteiger partial charge in [0.1, 0.15) is 11.6 Å². The van der Waals surface area contributed by atoms with Gasteiger partial charge in [0.2, 0.25) is 0 Å². The minimum Gasteiger partial charge on any atom is -0.497 e. The van der Waals surface area contributed by atoms with Crippen LogP contribution >= 0.6 is 15.9 Å². The van der Waals surface area contributed by atoms with Gasteiger partial charge < -0.3 is 4.74 Å². The topological polar surface area (TPSA) is 9.23 Å². The molecule has 0 heterocycles. The number of methoxy groups -OCH3 is 1. The van der Waals surface area contributed by atoms with Crippen molar-refractivity contribution in [3.63, 3.8) is 0 Å². The van der Waals surface area contributed by atoms with Crippen LogP contribution in [0.4, 0.5) is 4.39 Å². The van der Waals surface area contributed by atoms with Gasteiger partial charge in [0.25, 0.3) is 0 Å². The van der Waals surface area contributed by atoms with Gasteiger partial charge in [0.15, 0.2) is 0 Å². The van der Waals surface area contributed by atoms with Crippen molar-refractivity contribution >= 4 is 15.9 Å². The minimum atomic E-state index is -0.162. The highest BCUT2D eigenvalue weighted by Gasteiger charge is 2.10. The van der Waals surface area contributed by atoms with Crippen LogP contribution in [-0.4, -0.2) is 7.11 Å². The number of alkyl halides is 1. The van der Waals surface area contributed by atoms with Crippen molar-refractivity contribution < 1.29 is 9.13 Å². The second kappa shape index (κ2) is 6.20. The van der Waals surface area contributed by atoms with E-state index in [1.807, 2.05) is 30.3 Å². The van der Waals surface area contributed by atoms with E-state index in [1.54, 1.807) is 14.0 Å². The molecule has 0 aromatic heterocycles. The molecule has 1 nitrogen and oxygen atoms in total. The Morgan fingerprint density at radius 3 is 2.68 bits per heavy atom. The van der Waals surface area contributed by atoms with Crippen LogP contribution in [0.5, 0.6) is 5.75 Å². The molecule has 0 fully saturated rings. The minimum absolute atomic E-state index is 0.162. The molecule has 19 heavy (non-hydrogen) atoms. The molecule has 1 unspecified atom stereocenters. The summed E-state index contributed by atoms with van der Waals surface area (Å²) in [5, 5.41) is 0. The SMILES string of the molecule is COc1cccc(CC(Br)c2ccc(F)c(C)c2)c1. The standard InChI is InChI=1S/C16H16BrFO/c1-11-8-13(6-7-16(11)18)15(17)10-12-4-3-5-14(9-12)19-2/h3-9,15H,10H2,1-2H3. The van der Waals surface area contributed by atoms with E-state index in [0.29, 0.717) is 5.56 Å². The van der Waals surface area contributed by atoms with Crippen LogP contribution in [-0.2, 0) is 6.42 Å². The lowest BCUT2D eigenvalue weighted by atomic mass is 10.0. The Morgan fingerprint density at radius 2 is 2.00 bits per heavy atom. The lowest BCUT2D eigenvalue weighted by molar-refractivity contribution is 0.414. The summed E-state index contributed by atoms with van der Waals surface area (Å²) in [6, 6.07) is 13.2. The number of hydrogen-bond acceptors (Lipinski definition) is 1. The van der Waals surface area contributed by atoms with E-state index in [-0.39, 0.29) is 10.6 Å². The van der Waals surface area contributed by atoms with E-state index in [0.717, 1.165) is 17.7 Å². The maximum absolute atomic E-state index is 13.3. The molecule has 1 atom stereocenters. The van der Waals surface area contributed by atoms with E-state index in [2.05, 4.69) is 22.0 Å². The zero-order valence-corrected chi connectivity index (χ0v) is 12.6. The Kier molecular flexibility index (Phi) is 4.59. The number of halogens is 2. The molecule has 3 heteroatoms. The van der Waals surface area contributed by atoms with Crippen LogP contribution in [0.3, 0.4) is 0 Å². The highest BCUT2D eigenvalue weighted by molar-refractivity contribution is 9.09. The zero-order valence-electron chi connectivity index (χ0n) is 11.0. The molecular formula is C16H16BrFO. The second-order valence-electron chi connectivity index (χ2n) is 4.53. The summed E-state index contributed by atoms with van der Waals surface area (Å²) in [6.45, 7) is 1.78. The van der Waals surface area contributed by atoms with Crippen molar-refractivity contribution in [1.82, 2.24) is 0 Å². The summed E-state index contributed by atoms with van der Waals surface area (Å²) in [6.07, 6.45) is 0.836. The summed E-state index contributed by atoms with van der Waals surface area (Å²) in [7, 11) is 1.66. The maximum atomic E-state index is 13.3. The quantitative estimate of drug-likeness (QED) is 0.733. The fourth-order valence-corrected chi connectivity index (χ4v) is 2.65. The van der Waals surface area contributed by atoms with Crippen molar-refractivity contribution in [2.75, 3.05) is 7.11 Å². The van der Waals surface area contributed by atoms with Crippen molar-refractivity contribution in [2.24, 2.45) is 0 Å². The van der Waals surface area contributed by atoms with E-state index in [9.17, 15) is 4.39 Å². The molecule has 0 aliphatic rings. The first-order chi connectivity index (χ1) is 9.10. The lowest BCUT2D eigenvalue weighted by Gasteiger charge is -2.12. The first-order valence-electron chi connectivity index (χ1n) is 6.13. The Morgan fingerprint density at radius 1 is 1.21 bits per heavy atom. The van der Waals surface area contributed by atoms with Gasteiger partial charge in [0.05, 0.1) is 7.11 Å². The van der Waals surface area contributed by atoms with Crippen molar-refractivity contribution in [1.29, 1.82) is 0 Å². The van der Waals surface area contributed by atoms with Gasteiger partial charge >= 0.3 is 0 Å². The number of rotatable bonds is 4. The van der Waals surface area contributed by atoms with Crippen molar-refractivity contribution in [2.45, 2.75) is 18.2 Å². The fourth-order valence-electron chi connectivity index (χ4n) is 1.99. The largest absolute Gasteiger partial charge is 0.497 e. The molecule has 100 valence electrons. The van der Waals surface area contributed by atoms with E-state index in [1.165, 1.54) is 11.6 Å². The van der Waals surface area contributed by atoms with Crippen molar-refractivity contribution in [3.8, 4) is 5.75 Å². The Bertz CT molecular complexity index is 568. The number of hydrogen-bond donors (Lipinski definition) is 0. The van der Waals surface area contributed by atoms with Crippen LogP contribution in [0.15, 0.2) is 42.5 Å². The number of benzene rings is 2. The molecule has 0 N–H and O–H groups in total. The summed E-state index contributed by atoms with van der Waals surface area (Å²) >= 11 is 3.66. The molecule has 0 saturated carbocycles. The first kappa shape index (κ1) is 14.1. The average molecular weight is 323 g/mol. The zero-order chi connectivity index (χ0) is 13.8. The van der Waals surface area contributed by atoms with Gasteiger partial charge in [-0.3, -0.25) is 0 Å². The van der Waals surface area contributed by atoms with Gasteiger partial charge in [-0.25, -0.2) is 4.39 Å². The summed E-state index contributed by atoms with van der Waals surface area (Å²) in [4.78, 5) is 0.166. The Labute approximate surface area is 121 Å². The highest BCUT2D eigenvalue weighted by atomic mass is 79.9. The van der Waals surface area contributed by atoms with E-state index in [4.69, 9.17) is 4.74 Å². The van der Waals surface area contributed by atoms with Gasteiger partial charge in [-0.1, -0.05) is 40.2 Å². The molecule has 2 aromatic carbocycles. The molecule has 2 aromatic rings. The normalized spacial score (nSPS) is 12.2. The van der Waals surface area contributed by atoms with Crippen LogP contribution in [0.25, 0.3) is 0 Å². The monoisotopic (exact) mass is 322 g/mol. The molecule has 0 radical (unpaired) electrons. The predicted octanol–water partition coefficient (Wildman–Crippen LogP) is 4.82. The van der Waals surface area contributed by atoms with Crippen molar-refractivity contribution in [3.05, 3.63) is 65.0 Å². The Balaban J connectivity index is 2.15. The molecule has 0 bridgehead atoms. The highest BCUT2D eigenvalue weighted by Crippen LogP contribution is 2.29. The molecule has 0 amide bonds. The summed E-state index contributed by atoms with van der Waals surface area (Å²) < 4.78 is 18.5. The van der Waals surface area contributed by atoms with Crippen LogP contribution in [0.1, 0.15) is 21.5 Å². The molecule has 0 aliphatic heterocycles. The Hall–Kier alpha value is -1.35. The third-order valence-corrected chi connectivity index (χ3v) is 3.95. The smallest absolute Gasteiger partial charge is 0.126 e. The van der Waals surface area contributed by atoms with Gasteiger partial charge in [-0.05, 0) is 48.2 Å². The van der Waals surface area contributed by atoms with Crippen LogP contribution in [0, 0.1) is 12.7 Å². The van der Waals surface area contributed by atoms with Gasteiger partial charge in [0, 0.05) is 4.83 Å². The number of ether oxygens (including phenoxy) is 1. The van der Waals surface area contributed by atoms with Crippen LogP contribution in [0.2, 0.25) is 0 Å². The molecular weight excluding hydrogens is 307 g/mol. The summed E-state index contributed by atoms with van der Waals surface area (Å²) in [5.41, 5.74) is 2.94. The van der Waals surface area contributed by atoms with E-state index >= 15 is 0 Å². The van der Waals surface area contributed by atoms with Gasteiger partial charge in [-0.15, -0.1) is 0 Å². The lowest BCUT2D eigenvalue weighted by Crippen LogP contribution is -1.97. The van der Waals surface area contributed by atoms with Gasteiger partial charge in [-0.2, -0.15) is 0 Å². The average Bonchev–Trinajstić information content (AvgIpc) is 2.42. The third-order valence-electron chi connectivity index (χ3n) is 3.09. The molecule has 2 rings (SSSR count). The predicted molar refractivity (Wildman–Crippen MR) is 79.5 cm³/mol. The third kappa shape index (κ3) is 3.57. The maximum Gasteiger partial charge on any atom is 0.126 e. The van der Waals surface area contributed by atoms with Crippen LogP contribution < -0.4 is 4.74 Å². The molecule has 0 saturated heterocycles. The second-order valence-corrected chi connectivity index (χ2v) is 5.64.